The lowest BCUT2D eigenvalue weighted by molar-refractivity contribution is 0.303. The SMILES string of the molecule is CCCCCOc1ccccc1Cn1c2ccc(OC)cc2c2nc3ccccc3nc21. The van der Waals surface area contributed by atoms with Crippen molar-refractivity contribution in [1.82, 2.24) is 14.5 Å². The Bertz CT molecular complexity index is 1390. The summed E-state index contributed by atoms with van der Waals surface area (Å²) in [6.45, 7) is 3.60. The number of hydrogen-bond acceptors (Lipinski definition) is 4. The molecule has 0 atom stereocenters. The minimum atomic E-state index is 0.656. The second kappa shape index (κ2) is 8.87. The summed E-state index contributed by atoms with van der Waals surface area (Å²) in [4.78, 5) is 9.97. The van der Waals surface area contributed by atoms with Gasteiger partial charge in [-0.3, -0.25) is 0 Å². The van der Waals surface area contributed by atoms with Gasteiger partial charge in [0.25, 0.3) is 0 Å². The van der Waals surface area contributed by atoms with E-state index in [0.29, 0.717) is 6.54 Å². The Morgan fingerprint density at radius 1 is 0.875 bits per heavy atom. The Labute approximate surface area is 187 Å². The summed E-state index contributed by atoms with van der Waals surface area (Å²) in [5.74, 6) is 1.74. The molecular formula is C27H27N3O2. The standard InChI is InChI=1S/C27H27N3O2/c1-3-4-9-16-32-25-13-8-5-10-19(25)18-30-24-15-14-20(31-2)17-21(24)26-27(30)29-23-12-7-6-11-22(23)28-26/h5-8,10-15,17H,3-4,9,16,18H2,1-2H3. The van der Waals surface area contributed by atoms with E-state index in [4.69, 9.17) is 19.4 Å². The van der Waals surface area contributed by atoms with Crippen molar-refractivity contribution in [3.8, 4) is 11.5 Å². The van der Waals surface area contributed by atoms with Gasteiger partial charge in [-0.05, 0) is 42.8 Å². The molecule has 0 spiro atoms. The molecule has 5 aromatic rings. The second-order valence-corrected chi connectivity index (χ2v) is 8.02. The number of para-hydroxylation sites is 3. The first kappa shape index (κ1) is 20.3. The predicted octanol–water partition coefficient (Wildman–Crippen LogP) is 6.36. The van der Waals surface area contributed by atoms with Gasteiger partial charge in [-0.25, -0.2) is 9.97 Å². The highest BCUT2D eigenvalue weighted by Crippen LogP contribution is 2.32. The maximum absolute atomic E-state index is 6.15. The smallest absolute Gasteiger partial charge is 0.160 e. The summed E-state index contributed by atoms with van der Waals surface area (Å²) < 4.78 is 13.9. The van der Waals surface area contributed by atoms with Gasteiger partial charge in [0.15, 0.2) is 5.65 Å². The van der Waals surface area contributed by atoms with Gasteiger partial charge in [0, 0.05) is 10.9 Å². The van der Waals surface area contributed by atoms with E-state index in [1.807, 2.05) is 42.5 Å². The first-order chi connectivity index (χ1) is 15.8. The van der Waals surface area contributed by atoms with E-state index in [9.17, 15) is 0 Å². The Kier molecular flexibility index (Phi) is 5.63. The highest BCUT2D eigenvalue weighted by molar-refractivity contribution is 6.07. The minimum absolute atomic E-state index is 0.656. The summed E-state index contributed by atoms with van der Waals surface area (Å²) in [5, 5.41) is 1.04. The van der Waals surface area contributed by atoms with Gasteiger partial charge in [-0.2, -0.15) is 0 Å². The molecule has 0 unspecified atom stereocenters. The van der Waals surface area contributed by atoms with Crippen LogP contribution in [0, 0.1) is 0 Å². The van der Waals surface area contributed by atoms with E-state index in [1.54, 1.807) is 7.11 Å². The number of nitrogens with zero attached hydrogens (tertiary/aromatic N) is 3. The topological polar surface area (TPSA) is 49.2 Å². The highest BCUT2D eigenvalue weighted by atomic mass is 16.5. The lowest BCUT2D eigenvalue weighted by Crippen LogP contribution is -2.05. The van der Waals surface area contributed by atoms with Crippen LogP contribution >= 0.6 is 0 Å². The third-order valence-corrected chi connectivity index (χ3v) is 5.86. The van der Waals surface area contributed by atoms with Gasteiger partial charge < -0.3 is 14.0 Å². The average Bonchev–Trinajstić information content (AvgIpc) is 3.13. The molecule has 5 nitrogen and oxygen atoms in total. The fourth-order valence-corrected chi connectivity index (χ4v) is 4.18. The van der Waals surface area contributed by atoms with Crippen molar-refractivity contribution in [1.29, 1.82) is 0 Å². The Morgan fingerprint density at radius 2 is 1.66 bits per heavy atom. The molecule has 0 saturated carbocycles. The fraction of sp³-hybridized carbons (Fsp3) is 0.259. The van der Waals surface area contributed by atoms with Crippen molar-refractivity contribution in [2.45, 2.75) is 32.7 Å². The second-order valence-electron chi connectivity index (χ2n) is 8.02. The Morgan fingerprint density at radius 3 is 2.47 bits per heavy atom. The van der Waals surface area contributed by atoms with Crippen LogP contribution in [0.15, 0.2) is 66.7 Å². The van der Waals surface area contributed by atoms with E-state index in [0.717, 1.165) is 63.2 Å². The summed E-state index contributed by atoms with van der Waals surface area (Å²) in [7, 11) is 1.69. The molecule has 0 N–H and O–H groups in total. The summed E-state index contributed by atoms with van der Waals surface area (Å²) in [5.41, 5.74) is 5.75. The number of fused-ring (bicyclic) bond motifs is 4. The van der Waals surface area contributed by atoms with E-state index in [2.05, 4.69) is 35.8 Å². The van der Waals surface area contributed by atoms with Crippen molar-refractivity contribution in [3.63, 3.8) is 0 Å². The van der Waals surface area contributed by atoms with Crippen molar-refractivity contribution in [2.75, 3.05) is 13.7 Å². The average molecular weight is 426 g/mol. The van der Waals surface area contributed by atoms with Crippen molar-refractivity contribution < 1.29 is 9.47 Å². The van der Waals surface area contributed by atoms with Crippen LogP contribution in [0.2, 0.25) is 0 Å². The van der Waals surface area contributed by atoms with Gasteiger partial charge in [-0.15, -0.1) is 0 Å². The molecule has 5 heteroatoms. The number of ether oxygens (including phenoxy) is 2. The molecule has 2 heterocycles. The summed E-state index contributed by atoms with van der Waals surface area (Å²) in [6.07, 6.45) is 3.43. The largest absolute Gasteiger partial charge is 0.497 e. The van der Waals surface area contributed by atoms with Gasteiger partial charge in [0.05, 0.1) is 36.8 Å². The summed E-state index contributed by atoms with van der Waals surface area (Å²) >= 11 is 0. The molecule has 0 amide bonds. The zero-order valence-corrected chi connectivity index (χ0v) is 18.5. The van der Waals surface area contributed by atoms with Crippen LogP contribution in [-0.2, 0) is 6.54 Å². The third kappa shape index (κ3) is 3.75. The first-order valence-corrected chi connectivity index (χ1v) is 11.2. The molecule has 0 aliphatic carbocycles. The van der Waals surface area contributed by atoms with Crippen LogP contribution in [0.3, 0.4) is 0 Å². The first-order valence-electron chi connectivity index (χ1n) is 11.2. The molecule has 162 valence electrons. The van der Waals surface area contributed by atoms with Crippen LogP contribution in [0.1, 0.15) is 31.7 Å². The van der Waals surface area contributed by atoms with Crippen LogP contribution in [0.5, 0.6) is 11.5 Å². The summed E-state index contributed by atoms with van der Waals surface area (Å²) in [6, 6.07) is 22.4. The number of unbranched alkanes of at least 4 members (excludes halogenated alkanes) is 2. The van der Waals surface area contributed by atoms with E-state index in [1.165, 1.54) is 12.8 Å². The minimum Gasteiger partial charge on any atom is -0.497 e. The Hall–Kier alpha value is -3.60. The van der Waals surface area contributed by atoms with Gasteiger partial charge >= 0.3 is 0 Å². The number of methoxy groups -OCH3 is 1. The quantitative estimate of drug-likeness (QED) is 0.271. The van der Waals surface area contributed by atoms with Crippen molar-refractivity contribution in [2.24, 2.45) is 0 Å². The van der Waals surface area contributed by atoms with Crippen LogP contribution < -0.4 is 9.47 Å². The molecule has 5 rings (SSSR count). The Balaban J connectivity index is 1.64. The number of hydrogen-bond donors (Lipinski definition) is 0. The normalized spacial score (nSPS) is 11.4. The van der Waals surface area contributed by atoms with Crippen LogP contribution in [0.25, 0.3) is 33.1 Å². The molecule has 0 radical (unpaired) electrons. The lowest BCUT2D eigenvalue weighted by Gasteiger charge is -2.13. The van der Waals surface area contributed by atoms with E-state index < -0.39 is 0 Å². The third-order valence-electron chi connectivity index (χ3n) is 5.86. The van der Waals surface area contributed by atoms with Crippen molar-refractivity contribution >= 4 is 33.1 Å². The molecule has 32 heavy (non-hydrogen) atoms. The number of rotatable bonds is 8. The molecule has 0 saturated heterocycles. The maximum atomic E-state index is 6.15. The van der Waals surface area contributed by atoms with Gasteiger partial charge in [-0.1, -0.05) is 50.1 Å². The number of benzene rings is 3. The number of aromatic nitrogens is 3. The maximum Gasteiger partial charge on any atom is 0.160 e. The molecular weight excluding hydrogens is 398 g/mol. The molecule has 0 aliphatic rings. The van der Waals surface area contributed by atoms with E-state index in [-0.39, 0.29) is 0 Å². The van der Waals surface area contributed by atoms with Crippen LogP contribution in [-0.4, -0.2) is 28.3 Å². The highest BCUT2D eigenvalue weighted by Gasteiger charge is 2.17. The van der Waals surface area contributed by atoms with Gasteiger partial charge in [0.2, 0.25) is 0 Å². The predicted molar refractivity (Wildman–Crippen MR) is 130 cm³/mol. The van der Waals surface area contributed by atoms with Crippen molar-refractivity contribution in [3.05, 3.63) is 72.3 Å². The zero-order valence-electron chi connectivity index (χ0n) is 18.5. The molecule has 3 aromatic carbocycles. The van der Waals surface area contributed by atoms with Crippen LogP contribution in [0.4, 0.5) is 0 Å². The van der Waals surface area contributed by atoms with E-state index >= 15 is 0 Å². The monoisotopic (exact) mass is 425 g/mol. The zero-order chi connectivity index (χ0) is 21.9. The molecule has 2 aromatic heterocycles. The lowest BCUT2D eigenvalue weighted by atomic mass is 10.2. The molecule has 0 fully saturated rings. The molecule has 0 aliphatic heterocycles. The van der Waals surface area contributed by atoms with Gasteiger partial charge in [0.1, 0.15) is 17.0 Å². The fourth-order valence-electron chi connectivity index (χ4n) is 4.18. The molecule has 0 bridgehead atoms.